The van der Waals surface area contributed by atoms with Crippen LogP contribution in [0.1, 0.15) is 43.0 Å². The summed E-state index contributed by atoms with van der Waals surface area (Å²) in [6.07, 6.45) is 4.39. The summed E-state index contributed by atoms with van der Waals surface area (Å²) in [5, 5.41) is 0. The normalized spacial score (nSPS) is 15.3. The van der Waals surface area contributed by atoms with Gasteiger partial charge in [-0.2, -0.15) is 0 Å². The molecule has 0 amide bonds. The molecule has 1 heterocycles. The first-order valence-corrected chi connectivity index (χ1v) is 8.13. The van der Waals surface area contributed by atoms with Crippen LogP contribution in [0.15, 0.2) is 12.1 Å². The van der Waals surface area contributed by atoms with Crippen LogP contribution >= 0.6 is 0 Å². The van der Waals surface area contributed by atoms with Gasteiger partial charge in [-0.05, 0) is 50.7 Å². The predicted molar refractivity (Wildman–Crippen MR) is 87.8 cm³/mol. The van der Waals surface area contributed by atoms with Gasteiger partial charge in [-0.1, -0.05) is 0 Å². The molecule has 0 bridgehead atoms. The van der Waals surface area contributed by atoms with Crippen LogP contribution in [-0.2, 0) is 4.74 Å². The summed E-state index contributed by atoms with van der Waals surface area (Å²) in [5.74, 6) is 2.32. The van der Waals surface area contributed by atoms with Crippen molar-refractivity contribution in [1.82, 2.24) is 0 Å². The zero-order chi connectivity index (χ0) is 16.7. The monoisotopic (exact) mass is 322 g/mol. The zero-order valence-corrected chi connectivity index (χ0v) is 14.2. The standard InChI is InChI=1S/C18H26O5/c1-13(19)15-11-16(20-2)18(17(12-15)21-3)23-8-4-5-14-6-9-22-10-7-14/h11-12,14H,4-10H2,1-3H3. The van der Waals surface area contributed by atoms with Crippen LogP contribution in [0.25, 0.3) is 0 Å². The van der Waals surface area contributed by atoms with E-state index in [-0.39, 0.29) is 5.78 Å². The van der Waals surface area contributed by atoms with Crippen molar-refractivity contribution in [1.29, 1.82) is 0 Å². The molecule has 0 spiro atoms. The molecule has 0 radical (unpaired) electrons. The maximum Gasteiger partial charge on any atom is 0.203 e. The highest BCUT2D eigenvalue weighted by Crippen LogP contribution is 2.39. The molecule has 2 rings (SSSR count). The smallest absolute Gasteiger partial charge is 0.203 e. The van der Waals surface area contributed by atoms with Crippen molar-refractivity contribution < 1.29 is 23.7 Å². The summed E-state index contributed by atoms with van der Waals surface area (Å²) in [4.78, 5) is 11.6. The van der Waals surface area contributed by atoms with Crippen LogP contribution in [-0.4, -0.2) is 39.8 Å². The minimum absolute atomic E-state index is 0.0346. The van der Waals surface area contributed by atoms with Crippen molar-refractivity contribution in [3.05, 3.63) is 17.7 Å². The van der Waals surface area contributed by atoms with Crippen molar-refractivity contribution in [2.24, 2.45) is 5.92 Å². The van der Waals surface area contributed by atoms with E-state index in [9.17, 15) is 4.79 Å². The topological polar surface area (TPSA) is 54.0 Å². The lowest BCUT2D eigenvalue weighted by atomic mass is 9.95. The van der Waals surface area contributed by atoms with Gasteiger partial charge in [-0.25, -0.2) is 0 Å². The predicted octanol–water partition coefficient (Wildman–Crippen LogP) is 3.49. The second kappa shape index (κ2) is 8.77. The Morgan fingerprint density at radius 1 is 1.17 bits per heavy atom. The quantitative estimate of drug-likeness (QED) is 0.542. The number of carbonyl (C=O) groups is 1. The highest BCUT2D eigenvalue weighted by Gasteiger charge is 2.17. The van der Waals surface area contributed by atoms with E-state index in [4.69, 9.17) is 18.9 Å². The molecule has 1 aliphatic rings. The van der Waals surface area contributed by atoms with E-state index in [2.05, 4.69) is 0 Å². The third-order valence-electron chi connectivity index (χ3n) is 4.21. The van der Waals surface area contributed by atoms with Gasteiger partial charge in [0.25, 0.3) is 0 Å². The fourth-order valence-corrected chi connectivity index (χ4v) is 2.81. The van der Waals surface area contributed by atoms with Crippen molar-refractivity contribution in [2.75, 3.05) is 34.0 Å². The van der Waals surface area contributed by atoms with Crippen molar-refractivity contribution in [2.45, 2.75) is 32.6 Å². The molecule has 0 saturated carbocycles. The molecule has 23 heavy (non-hydrogen) atoms. The fourth-order valence-electron chi connectivity index (χ4n) is 2.81. The number of Topliss-reactive ketones (excluding diaryl/α,β-unsaturated/α-hetero) is 1. The average Bonchev–Trinajstić information content (AvgIpc) is 2.58. The largest absolute Gasteiger partial charge is 0.493 e. The molecule has 0 unspecified atom stereocenters. The number of benzene rings is 1. The molecule has 1 aromatic rings. The van der Waals surface area contributed by atoms with Crippen molar-refractivity contribution in [3.8, 4) is 17.2 Å². The van der Waals surface area contributed by atoms with Gasteiger partial charge < -0.3 is 18.9 Å². The zero-order valence-electron chi connectivity index (χ0n) is 14.2. The van der Waals surface area contributed by atoms with E-state index in [1.807, 2.05) is 0 Å². The molecule has 1 fully saturated rings. The molecule has 128 valence electrons. The first-order valence-electron chi connectivity index (χ1n) is 8.13. The number of ether oxygens (including phenoxy) is 4. The molecule has 0 atom stereocenters. The van der Waals surface area contributed by atoms with Gasteiger partial charge in [-0.15, -0.1) is 0 Å². The summed E-state index contributed by atoms with van der Waals surface area (Å²) in [6.45, 7) is 3.87. The first-order chi connectivity index (χ1) is 11.2. The van der Waals surface area contributed by atoms with Crippen molar-refractivity contribution in [3.63, 3.8) is 0 Å². The third-order valence-corrected chi connectivity index (χ3v) is 4.21. The van der Waals surface area contributed by atoms with E-state index >= 15 is 0 Å². The van der Waals surface area contributed by atoms with Gasteiger partial charge in [0.2, 0.25) is 5.75 Å². The Bertz CT molecular complexity index is 495. The molecule has 0 aromatic heterocycles. The lowest BCUT2D eigenvalue weighted by Gasteiger charge is -2.22. The average molecular weight is 322 g/mol. The van der Waals surface area contributed by atoms with Crippen LogP contribution in [0.4, 0.5) is 0 Å². The number of methoxy groups -OCH3 is 2. The summed E-state index contributed by atoms with van der Waals surface area (Å²) in [5.41, 5.74) is 0.549. The van der Waals surface area contributed by atoms with Crippen LogP contribution in [0.2, 0.25) is 0 Å². The van der Waals surface area contributed by atoms with Gasteiger partial charge in [-0.3, -0.25) is 4.79 Å². The Morgan fingerprint density at radius 3 is 2.30 bits per heavy atom. The van der Waals surface area contributed by atoms with Gasteiger partial charge >= 0.3 is 0 Å². The second-order valence-corrected chi connectivity index (χ2v) is 5.81. The fraction of sp³-hybridized carbons (Fsp3) is 0.611. The van der Waals surface area contributed by atoms with E-state index < -0.39 is 0 Å². The lowest BCUT2D eigenvalue weighted by Crippen LogP contribution is -2.16. The summed E-state index contributed by atoms with van der Waals surface area (Å²) in [6, 6.07) is 3.39. The minimum Gasteiger partial charge on any atom is -0.493 e. The summed E-state index contributed by atoms with van der Waals surface area (Å²) < 4.78 is 22.0. The van der Waals surface area contributed by atoms with Gasteiger partial charge in [0.05, 0.1) is 20.8 Å². The second-order valence-electron chi connectivity index (χ2n) is 5.81. The molecule has 1 saturated heterocycles. The van der Waals surface area contributed by atoms with Crippen molar-refractivity contribution >= 4 is 5.78 Å². The van der Waals surface area contributed by atoms with Gasteiger partial charge in [0, 0.05) is 18.8 Å². The molecule has 0 aliphatic carbocycles. The molecule has 5 heteroatoms. The summed E-state index contributed by atoms with van der Waals surface area (Å²) in [7, 11) is 3.13. The number of hydrogen-bond donors (Lipinski definition) is 0. The van der Waals surface area contributed by atoms with Crippen LogP contribution in [0.3, 0.4) is 0 Å². The lowest BCUT2D eigenvalue weighted by molar-refractivity contribution is 0.0619. The molecule has 5 nitrogen and oxygen atoms in total. The Labute approximate surface area is 137 Å². The Balaban J connectivity index is 1.96. The highest BCUT2D eigenvalue weighted by atomic mass is 16.5. The Hall–Kier alpha value is -1.75. The maximum absolute atomic E-state index is 11.6. The van der Waals surface area contributed by atoms with Gasteiger partial charge in [0.1, 0.15) is 0 Å². The van der Waals surface area contributed by atoms with Gasteiger partial charge in [0.15, 0.2) is 17.3 Å². The molecular formula is C18H26O5. The SMILES string of the molecule is COc1cc(C(C)=O)cc(OC)c1OCCCC1CCOCC1. The molecule has 1 aliphatic heterocycles. The highest BCUT2D eigenvalue weighted by molar-refractivity contribution is 5.95. The van der Waals surface area contributed by atoms with E-state index in [1.54, 1.807) is 26.4 Å². The third kappa shape index (κ3) is 4.86. The van der Waals surface area contributed by atoms with Crippen LogP contribution in [0.5, 0.6) is 17.2 Å². The molecule has 1 aromatic carbocycles. The number of ketones is 1. The molecule has 0 N–H and O–H groups in total. The maximum atomic E-state index is 11.6. The van der Waals surface area contributed by atoms with E-state index in [0.717, 1.165) is 44.8 Å². The number of rotatable bonds is 8. The van der Waals surface area contributed by atoms with E-state index in [1.165, 1.54) is 6.92 Å². The van der Waals surface area contributed by atoms with Crippen LogP contribution < -0.4 is 14.2 Å². The van der Waals surface area contributed by atoms with E-state index in [0.29, 0.717) is 29.4 Å². The number of carbonyl (C=O) groups excluding carboxylic acids is 1. The first kappa shape index (κ1) is 17.6. The summed E-state index contributed by atoms with van der Waals surface area (Å²) >= 11 is 0. The number of hydrogen-bond acceptors (Lipinski definition) is 5. The Morgan fingerprint density at radius 2 is 1.78 bits per heavy atom. The minimum atomic E-state index is -0.0346. The Kier molecular flexibility index (Phi) is 6.71. The van der Waals surface area contributed by atoms with Crippen LogP contribution in [0, 0.1) is 5.92 Å². The molecular weight excluding hydrogens is 296 g/mol.